The third-order valence-corrected chi connectivity index (χ3v) is 7.59. The maximum Gasteiger partial charge on any atom is 0.255 e. The molecule has 0 spiro atoms. The van der Waals surface area contributed by atoms with Crippen molar-refractivity contribution in [2.24, 2.45) is 0 Å². The number of ether oxygens (including phenoxy) is 3. The lowest BCUT2D eigenvalue weighted by molar-refractivity contribution is -0.136. The number of amides is 4. The van der Waals surface area contributed by atoms with E-state index in [0.29, 0.717) is 43.2 Å². The number of para-hydroxylation sites is 1. The lowest BCUT2D eigenvalue weighted by atomic mass is 10.0. The molecule has 4 amide bonds. The first-order valence-electron chi connectivity index (χ1n) is 15.5. The van der Waals surface area contributed by atoms with Crippen LogP contribution in [0.5, 0.6) is 17.2 Å². The molecule has 11 nitrogen and oxygen atoms in total. The van der Waals surface area contributed by atoms with E-state index in [1.54, 1.807) is 38.4 Å². The Bertz CT molecular complexity index is 1500. The van der Waals surface area contributed by atoms with Gasteiger partial charge in [-0.05, 0) is 55.2 Å². The second-order valence-electron chi connectivity index (χ2n) is 11.0. The smallest absolute Gasteiger partial charge is 0.255 e. The van der Waals surface area contributed by atoms with Gasteiger partial charge in [0.25, 0.3) is 5.91 Å². The maximum absolute atomic E-state index is 13.5. The van der Waals surface area contributed by atoms with Crippen molar-refractivity contribution in [3.8, 4) is 17.2 Å². The Morgan fingerprint density at radius 3 is 2.50 bits per heavy atom. The van der Waals surface area contributed by atoms with Crippen LogP contribution in [0.15, 0.2) is 72.8 Å². The van der Waals surface area contributed by atoms with E-state index in [4.69, 9.17) is 14.2 Å². The van der Waals surface area contributed by atoms with E-state index >= 15 is 0 Å². The van der Waals surface area contributed by atoms with E-state index < -0.39 is 29.8 Å². The predicted molar refractivity (Wildman–Crippen MR) is 173 cm³/mol. The number of hydrogen-bond donors (Lipinski definition) is 3. The van der Waals surface area contributed by atoms with Crippen molar-refractivity contribution >= 4 is 23.6 Å². The average Bonchev–Trinajstić information content (AvgIpc) is 3.06. The van der Waals surface area contributed by atoms with Crippen molar-refractivity contribution in [2.75, 3.05) is 40.5 Å². The monoisotopic (exact) mass is 630 g/mol. The standard InChI is InChI=1S/C35H42N4O7/c1-4-45-30-17-16-25(22-31(30)44-3)13-10-18-36-34(42)27-23-32(40)37-28(21-24-11-6-5-7-12-24)35(43)39(2)19-20-46-29-15-9-8-14-26(29)33(41)38-27/h5-9,11-12,14-17,22,27-28H,4,10,13,18-21,23H2,1-3H3,(H,36,42)(H,37,40)(H,38,41)/t27-,28+/m0/s1. The summed E-state index contributed by atoms with van der Waals surface area (Å²) in [7, 11) is 3.22. The van der Waals surface area contributed by atoms with Gasteiger partial charge < -0.3 is 35.1 Å². The van der Waals surface area contributed by atoms with Crippen LogP contribution in [0.4, 0.5) is 0 Å². The van der Waals surface area contributed by atoms with Gasteiger partial charge in [0.1, 0.15) is 24.4 Å². The van der Waals surface area contributed by atoms with Crippen LogP contribution in [0.3, 0.4) is 0 Å². The zero-order valence-electron chi connectivity index (χ0n) is 26.5. The second kappa shape index (κ2) is 16.9. The Kier molecular flexibility index (Phi) is 12.4. The second-order valence-corrected chi connectivity index (χ2v) is 11.0. The number of methoxy groups -OCH3 is 1. The fourth-order valence-electron chi connectivity index (χ4n) is 5.15. The summed E-state index contributed by atoms with van der Waals surface area (Å²) in [6.07, 6.45) is 1.16. The normalized spacial score (nSPS) is 17.5. The van der Waals surface area contributed by atoms with E-state index in [1.165, 1.54) is 4.90 Å². The summed E-state index contributed by atoms with van der Waals surface area (Å²) in [5.74, 6) is -0.275. The Labute approximate surface area is 269 Å². The molecule has 1 aliphatic rings. The van der Waals surface area contributed by atoms with Crippen LogP contribution in [0.1, 0.15) is 41.3 Å². The van der Waals surface area contributed by atoms with Gasteiger partial charge in [-0.1, -0.05) is 48.5 Å². The first-order chi connectivity index (χ1) is 22.3. The summed E-state index contributed by atoms with van der Waals surface area (Å²) in [4.78, 5) is 55.1. The first-order valence-corrected chi connectivity index (χ1v) is 15.5. The minimum atomic E-state index is -1.20. The van der Waals surface area contributed by atoms with Gasteiger partial charge in [0.05, 0.1) is 32.2 Å². The highest BCUT2D eigenvalue weighted by Crippen LogP contribution is 2.28. The molecule has 11 heteroatoms. The SMILES string of the molecule is CCOc1ccc(CCCNC(=O)[C@@H]2CC(=O)N[C@H](Cc3ccccc3)C(=O)N(C)CCOc3ccccc3C(=O)N2)cc1OC. The van der Waals surface area contributed by atoms with Crippen LogP contribution in [0, 0.1) is 0 Å². The molecular formula is C35H42N4O7. The van der Waals surface area contributed by atoms with Gasteiger partial charge in [-0.25, -0.2) is 0 Å². The number of rotatable bonds is 10. The highest BCUT2D eigenvalue weighted by molar-refractivity contribution is 6.01. The van der Waals surface area contributed by atoms with Gasteiger partial charge in [0.2, 0.25) is 17.7 Å². The van der Waals surface area contributed by atoms with E-state index in [9.17, 15) is 19.2 Å². The molecule has 1 aliphatic heterocycles. The van der Waals surface area contributed by atoms with E-state index in [2.05, 4.69) is 16.0 Å². The molecular weight excluding hydrogens is 588 g/mol. The molecule has 46 heavy (non-hydrogen) atoms. The molecule has 0 unspecified atom stereocenters. The Balaban J connectivity index is 1.48. The van der Waals surface area contributed by atoms with Gasteiger partial charge in [-0.2, -0.15) is 0 Å². The molecule has 2 atom stereocenters. The summed E-state index contributed by atoms with van der Waals surface area (Å²) in [5.41, 5.74) is 2.10. The molecule has 0 saturated heterocycles. The molecule has 3 N–H and O–H groups in total. The zero-order valence-corrected chi connectivity index (χ0v) is 26.5. The lowest BCUT2D eigenvalue weighted by Crippen LogP contribution is -2.53. The molecule has 0 radical (unpaired) electrons. The molecule has 3 aromatic rings. The summed E-state index contributed by atoms with van der Waals surface area (Å²) in [5, 5.41) is 8.38. The highest BCUT2D eigenvalue weighted by atomic mass is 16.5. The lowest BCUT2D eigenvalue weighted by Gasteiger charge is -2.27. The molecule has 0 aliphatic carbocycles. The number of nitrogens with zero attached hydrogens (tertiary/aromatic N) is 1. The number of fused-ring (bicyclic) bond motifs is 1. The van der Waals surface area contributed by atoms with Crippen molar-refractivity contribution in [3.63, 3.8) is 0 Å². The van der Waals surface area contributed by atoms with Crippen LogP contribution in [0.25, 0.3) is 0 Å². The molecule has 0 fully saturated rings. The fourth-order valence-corrected chi connectivity index (χ4v) is 5.15. The van der Waals surface area contributed by atoms with Crippen molar-refractivity contribution in [1.82, 2.24) is 20.9 Å². The molecule has 0 aromatic heterocycles. The van der Waals surface area contributed by atoms with Gasteiger partial charge in [-0.15, -0.1) is 0 Å². The van der Waals surface area contributed by atoms with Crippen LogP contribution >= 0.6 is 0 Å². The summed E-state index contributed by atoms with van der Waals surface area (Å²) >= 11 is 0. The molecule has 0 bridgehead atoms. The third kappa shape index (κ3) is 9.47. The Morgan fingerprint density at radius 2 is 1.74 bits per heavy atom. The molecule has 3 aromatic carbocycles. The van der Waals surface area contributed by atoms with Crippen LogP contribution in [0.2, 0.25) is 0 Å². The topological polar surface area (TPSA) is 135 Å². The average molecular weight is 631 g/mol. The number of nitrogens with one attached hydrogen (secondary N) is 3. The van der Waals surface area contributed by atoms with Gasteiger partial charge in [0.15, 0.2) is 11.5 Å². The molecule has 0 saturated carbocycles. The van der Waals surface area contributed by atoms with Crippen LogP contribution in [-0.2, 0) is 27.2 Å². The maximum atomic E-state index is 13.5. The minimum Gasteiger partial charge on any atom is -0.493 e. The summed E-state index contributed by atoms with van der Waals surface area (Å²) in [6, 6.07) is 19.7. The number of hydrogen-bond acceptors (Lipinski definition) is 7. The third-order valence-electron chi connectivity index (χ3n) is 7.59. The predicted octanol–water partition coefficient (Wildman–Crippen LogP) is 2.91. The number of aryl methyl sites for hydroxylation is 1. The van der Waals surface area contributed by atoms with E-state index in [0.717, 1.165) is 11.1 Å². The number of carbonyl (C=O) groups excluding carboxylic acids is 4. The number of likely N-dealkylation sites (N-methyl/N-ethyl adjacent to an activating group) is 1. The van der Waals surface area contributed by atoms with Crippen molar-refractivity contribution in [2.45, 2.75) is 44.7 Å². The highest BCUT2D eigenvalue weighted by Gasteiger charge is 2.30. The minimum absolute atomic E-state index is 0.128. The molecule has 244 valence electrons. The summed E-state index contributed by atoms with van der Waals surface area (Å²) < 4.78 is 16.9. The van der Waals surface area contributed by atoms with Gasteiger partial charge >= 0.3 is 0 Å². The fraction of sp³-hybridized carbons (Fsp3) is 0.371. The zero-order chi connectivity index (χ0) is 32.9. The van der Waals surface area contributed by atoms with Crippen molar-refractivity contribution in [1.29, 1.82) is 0 Å². The van der Waals surface area contributed by atoms with Gasteiger partial charge in [-0.3, -0.25) is 19.2 Å². The van der Waals surface area contributed by atoms with Gasteiger partial charge in [0, 0.05) is 20.0 Å². The molecule has 4 rings (SSSR count). The van der Waals surface area contributed by atoms with E-state index in [-0.39, 0.29) is 37.5 Å². The number of benzene rings is 3. The van der Waals surface area contributed by atoms with E-state index in [1.807, 2.05) is 55.5 Å². The van der Waals surface area contributed by atoms with Crippen molar-refractivity contribution in [3.05, 3.63) is 89.5 Å². The Hall–Kier alpha value is -5.06. The van der Waals surface area contributed by atoms with Crippen LogP contribution in [-0.4, -0.2) is 81.1 Å². The Morgan fingerprint density at radius 1 is 0.978 bits per heavy atom. The summed E-state index contributed by atoms with van der Waals surface area (Å²) in [6.45, 7) is 3.10. The molecule has 1 heterocycles. The number of carbonyl (C=O) groups is 4. The quantitative estimate of drug-likeness (QED) is 0.293. The largest absolute Gasteiger partial charge is 0.493 e. The first kappa shape index (κ1) is 33.8. The van der Waals surface area contributed by atoms with Crippen LogP contribution < -0.4 is 30.2 Å². The van der Waals surface area contributed by atoms with Crippen molar-refractivity contribution < 1.29 is 33.4 Å².